The summed E-state index contributed by atoms with van der Waals surface area (Å²) in [7, 11) is 1.12. The molecule has 1 aromatic carbocycles. The minimum absolute atomic E-state index is 0.0896. The normalized spacial score (nSPS) is 9.44. The Labute approximate surface area is 90.4 Å². The van der Waals surface area contributed by atoms with Crippen LogP contribution in [0.25, 0.3) is 0 Å². The third-order valence-corrected chi connectivity index (χ3v) is 1.99. The molecule has 0 saturated carbocycles. The van der Waals surface area contributed by atoms with E-state index in [-0.39, 0.29) is 16.8 Å². The van der Waals surface area contributed by atoms with Crippen LogP contribution in [-0.4, -0.2) is 13.2 Å². The summed E-state index contributed by atoms with van der Waals surface area (Å²) in [6, 6.07) is 2.37. The van der Waals surface area contributed by atoms with Crippen LogP contribution < -0.4 is 5.32 Å². The summed E-state index contributed by atoms with van der Waals surface area (Å²) in [6.45, 7) is 1.25. The Kier molecular flexibility index (Phi) is 3.40. The third kappa shape index (κ3) is 2.08. The van der Waals surface area contributed by atoms with Crippen molar-refractivity contribution in [1.82, 2.24) is 0 Å². The van der Waals surface area contributed by atoms with Gasteiger partial charge in [-0.05, 0) is 13.0 Å². The number of methoxy groups -OCH3 is 1. The lowest BCUT2D eigenvalue weighted by molar-refractivity contribution is 0.187. The molecule has 6 heteroatoms. The molecular formula is C10H8F2N2O2. The average molecular weight is 226 g/mol. The van der Waals surface area contributed by atoms with Gasteiger partial charge >= 0.3 is 6.09 Å². The van der Waals surface area contributed by atoms with Gasteiger partial charge < -0.3 is 4.74 Å². The van der Waals surface area contributed by atoms with Crippen molar-refractivity contribution in [3.63, 3.8) is 0 Å². The number of anilines is 1. The lowest BCUT2D eigenvalue weighted by atomic mass is 10.1. The smallest absolute Gasteiger partial charge is 0.411 e. The fourth-order valence-corrected chi connectivity index (χ4v) is 1.16. The maximum Gasteiger partial charge on any atom is 0.411 e. The Morgan fingerprint density at radius 2 is 2.19 bits per heavy atom. The van der Waals surface area contributed by atoms with Crippen molar-refractivity contribution in [2.45, 2.75) is 6.92 Å². The first kappa shape index (κ1) is 11.9. The van der Waals surface area contributed by atoms with Gasteiger partial charge in [0, 0.05) is 5.56 Å². The van der Waals surface area contributed by atoms with Crippen LogP contribution in [0.5, 0.6) is 0 Å². The Hall–Kier alpha value is -2.16. The molecule has 0 unspecified atom stereocenters. The Balaban J connectivity index is 3.31. The Morgan fingerprint density at radius 3 is 2.69 bits per heavy atom. The van der Waals surface area contributed by atoms with Crippen molar-refractivity contribution in [3.8, 4) is 6.07 Å². The maximum absolute atomic E-state index is 13.2. The molecule has 0 aliphatic rings. The van der Waals surface area contributed by atoms with Gasteiger partial charge in [-0.25, -0.2) is 13.6 Å². The van der Waals surface area contributed by atoms with Gasteiger partial charge in [-0.15, -0.1) is 0 Å². The highest BCUT2D eigenvalue weighted by Gasteiger charge is 2.17. The number of nitriles is 1. The van der Waals surface area contributed by atoms with Crippen molar-refractivity contribution in [2.24, 2.45) is 0 Å². The molecule has 1 amide bonds. The van der Waals surface area contributed by atoms with E-state index in [2.05, 4.69) is 10.1 Å². The molecule has 0 bridgehead atoms. The molecule has 0 fully saturated rings. The van der Waals surface area contributed by atoms with Crippen LogP contribution in [0, 0.1) is 29.9 Å². The van der Waals surface area contributed by atoms with Gasteiger partial charge in [0.2, 0.25) is 0 Å². The van der Waals surface area contributed by atoms with E-state index in [4.69, 9.17) is 5.26 Å². The van der Waals surface area contributed by atoms with E-state index in [1.807, 2.05) is 0 Å². The topological polar surface area (TPSA) is 62.1 Å². The van der Waals surface area contributed by atoms with Crippen LogP contribution in [-0.2, 0) is 4.74 Å². The number of rotatable bonds is 1. The van der Waals surface area contributed by atoms with Gasteiger partial charge in [0.15, 0.2) is 11.6 Å². The van der Waals surface area contributed by atoms with Crippen LogP contribution in [0.1, 0.15) is 11.1 Å². The number of carbonyl (C=O) groups excluding carboxylic acids is 1. The summed E-state index contributed by atoms with van der Waals surface area (Å²) in [5.74, 6) is -2.24. The summed E-state index contributed by atoms with van der Waals surface area (Å²) in [5, 5.41) is 10.9. The van der Waals surface area contributed by atoms with Crippen LogP contribution in [0.3, 0.4) is 0 Å². The molecule has 0 heterocycles. The van der Waals surface area contributed by atoms with E-state index in [1.165, 1.54) is 6.92 Å². The van der Waals surface area contributed by atoms with Crippen molar-refractivity contribution in [2.75, 3.05) is 12.4 Å². The zero-order valence-corrected chi connectivity index (χ0v) is 8.60. The predicted octanol–water partition coefficient (Wildman–Crippen LogP) is 2.32. The fraction of sp³-hybridized carbons (Fsp3) is 0.200. The fourth-order valence-electron chi connectivity index (χ4n) is 1.16. The molecule has 84 valence electrons. The molecule has 1 rings (SSSR count). The number of carbonyl (C=O) groups is 1. The lowest BCUT2D eigenvalue weighted by Gasteiger charge is -2.10. The predicted molar refractivity (Wildman–Crippen MR) is 51.8 cm³/mol. The van der Waals surface area contributed by atoms with Gasteiger partial charge in [0.25, 0.3) is 0 Å². The van der Waals surface area contributed by atoms with Crippen molar-refractivity contribution in [1.29, 1.82) is 5.26 Å². The molecule has 1 aromatic rings. The standard InChI is InChI=1S/C10H8F2N2O2/c1-5-8(12)7(11)3-6(4-13)9(5)14-10(15)16-2/h3H,1-2H3,(H,14,15). The van der Waals surface area contributed by atoms with Gasteiger partial charge in [-0.2, -0.15) is 5.26 Å². The van der Waals surface area contributed by atoms with E-state index >= 15 is 0 Å². The summed E-state index contributed by atoms with van der Waals surface area (Å²) in [5.41, 5.74) is -0.406. The number of halogens is 2. The quantitative estimate of drug-likeness (QED) is 0.799. The van der Waals surface area contributed by atoms with E-state index in [0.717, 1.165) is 7.11 Å². The monoisotopic (exact) mass is 226 g/mol. The molecule has 0 aromatic heterocycles. The van der Waals surface area contributed by atoms with Crippen molar-refractivity contribution < 1.29 is 18.3 Å². The highest BCUT2D eigenvalue weighted by Crippen LogP contribution is 2.25. The second-order valence-electron chi connectivity index (χ2n) is 2.95. The minimum Gasteiger partial charge on any atom is -0.453 e. The number of ether oxygens (including phenoxy) is 1. The average Bonchev–Trinajstić information content (AvgIpc) is 2.29. The molecule has 0 saturated heterocycles. The molecule has 0 aliphatic carbocycles. The first-order valence-electron chi connectivity index (χ1n) is 4.25. The summed E-state index contributed by atoms with van der Waals surface area (Å²) >= 11 is 0. The zero-order chi connectivity index (χ0) is 12.3. The molecule has 4 nitrogen and oxygen atoms in total. The van der Waals surface area contributed by atoms with Crippen molar-refractivity contribution in [3.05, 3.63) is 28.8 Å². The number of amides is 1. The van der Waals surface area contributed by atoms with Crippen LogP contribution in [0.4, 0.5) is 19.3 Å². The van der Waals surface area contributed by atoms with E-state index in [0.29, 0.717) is 6.07 Å². The molecule has 0 aliphatic heterocycles. The zero-order valence-electron chi connectivity index (χ0n) is 8.60. The van der Waals surface area contributed by atoms with Gasteiger partial charge in [-0.1, -0.05) is 0 Å². The van der Waals surface area contributed by atoms with Gasteiger partial charge in [-0.3, -0.25) is 5.32 Å². The first-order valence-corrected chi connectivity index (χ1v) is 4.25. The number of nitrogens with zero attached hydrogens (tertiary/aromatic N) is 1. The largest absolute Gasteiger partial charge is 0.453 e. The van der Waals surface area contributed by atoms with Crippen LogP contribution in [0.15, 0.2) is 6.07 Å². The molecule has 0 spiro atoms. The summed E-state index contributed by atoms with van der Waals surface area (Å²) < 4.78 is 30.4. The number of hydrogen-bond donors (Lipinski definition) is 1. The SMILES string of the molecule is COC(=O)Nc1c(C#N)cc(F)c(F)c1C. The van der Waals surface area contributed by atoms with Crippen LogP contribution >= 0.6 is 0 Å². The van der Waals surface area contributed by atoms with Crippen molar-refractivity contribution >= 4 is 11.8 Å². The number of benzene rings is 1. The number of hydrogen-bond acceptors (Lipinski definition) is 3. The van der Waals surface area contributed by atoms with Gasteiger partial charge in [0.05, 0.1) is 18.4 Å². The Bertz CT molecular complexity index is 481. The van der Waals surface area contributed by atoms with E-state index in [1.54, 1.807) is 6.07 Å². The number of nitrogens with one attached hydrogen (secondary N) is 1. The molecule has 1 N–H and O–H groups in total. The molecule has 0 radical (unpaired) electrons. The summed E-state index contributed by atoms with van der Waals surface area (Å²) in [6.07, 6.45) is -0.856. The van der Waals surface area contributed by atoms with E-state index in [9.17, 15) is 13.6 Å². The van der Waals surface area contributed by atoms with Gasteiger partial charge in [0.1, 0.15) is 6.07 Å². The minimum atomic E-state index is -1.13. The first-order chi connectivity index (χ1) is 7.51. The third-order valence-electron chi connectivity index (χ3n) is 1.99. The second kappa shape index (κ2) is 4.57. The Morgan fingerprint density at radius 1 is 1.56 bits per heavy atom. The maximum atomic E-state index is 13.2. The molecular weight excluding hydrogens is 218 g/mol. The highest BCUT2D eigenvalue weighted by atomic mass is 19.2. The molecule has 0 atom stereocenters. The van der Waals surface area contributed by atoms with E-state index < -0.39 is 17.7 Å². The lowest BCUT2D eigenvalue weighted by Crippen LogP contribution is -2.14. The summed E-state index contributed by atoms with van der Waals surface area (Å²) in [4.78, 5) is 10.9. The second-order valence-corrected chi connectivity index (χ2v) is 2.95. The van der Waals surface area contributed by atoms with Crippen LogP contribution in [0.2, 0.25) is 0 Å². The highest BCUT2D eigenvalue weighted by molar-refractivity contribution is 5.87. The molecule has 16 heavy (non-hydrogen) atoms.